The number of nitrogens with zero attached hydrogens (tertiary/aromatic N) is 1. The van der Waals surface area contributed by atoms with Crippen molar-refractivity contribution in [3.63, 3.8) is 0 Å². The number of hydrogen-bond acceptors (Lipinski definition) is 6. The molecule has 0 fully saturated rings. The molecular formula is C15H16N2O4S. The van der Waals surface area contributed by atoms with Crippen molar-refractivity contribution in [3.8, 4) is 11.3 Å². The van der Waals surface area contributed by atoms with E-state index in [0.717, 1.165) is 16.3 Å². The van der Waals surface area contributed by atoms with Gasteiger partial charge in [-0.15, -0.1) is 11.3 Å². The van der Waals surface area contributed by atoms with Gasteiger partial charge in [0.2, 0.25) is 0 Å². The number of aryl methyl sites for hydroxylation is 2. The molecule has 0 saturated carbocycles. The number of amides is 1. The van der Waals surface area contributed by atoms with Crippen LogP contribution in [0.5, 0.6) is 0 Å². The highest BCUT2D eigenvalue weighted by Gasteiger charge is 2.16. The molecule has 0 spiro atoms. The van der Waals surface area contributed by atoms with Crippen LogP contribution < -0.4 is 5.32 Å². The lowest BCUT2D eigenvalue weighted by Crippen LogP contribution is -2.22. The van der Waals surface area contributed by atoms with Crippen molar-refractivity contribution >= 4 is 23.2 Å². The second kappa shape index (κ2) is 7.04. The van der Waals surface area contributed by atoms with E-state index in [-0.39, 0.29) is 18.2 Å². The molecule has 0 aliphatic heterocycles. The molecule has 0 saturated heterocycles. The molecule has 22 heavy (non-hydrogen) atoms. The third-order valence-corrected chi connectivity index (χ3v) is 3.65. The van der Waals surface area contributed by atoms with Crippen LogP contribution >= 0.6 is 11.3 Å². The summed E-state index contributed by atoms with van der Waals surface area (Å²) in [4.78, 5) is 27.3. The topological polar surface area (TPSA) is 81.4 Å². The third-order valence-electron chi connectivity index (χ3n) is 2.87. The Labute approximate surface area is 131 Å². The smallest absolute Gasteiger partial charge is 0.330 e. The maximum Gasteiger partial charge on any atom is 0.330 e. The van der Waals surface area contributed by atoms with E-state index in [0.29, 0.717) is 5.76 Å². The molecular weight excluding hydrogens is 304 g/mol. The summed E-state index contributed by atoms with van der Waals surface area (Å²) >= 11 is 1.54. The number of thiazole rings is 1. The van der Waals surface area contributed by atoms with E-state index in [4.69, 9.17) is 4.42 Å². The highest BCUT2D eigenvalue weighted by molar-refractivity contribution is 7.09. The van der Waals surface area contributed by atoms with Crippen LogP contribution in [0.15, 0.2) is 28.0 Å². The average Bonchev–Trinajstić information content (AvgIpc) is 3.08. The molecule has 7 heteroatoms. The van der Waals surface area contributed by atoms with Gasteiger partial charge in [-0.1, -0.05) is 6.08 Å². The minimum Gasteiger partial charge on any atom is -0.466 e. The van der Waals surface area contributed by atoms with Crippen molar-refractivity contribution in [2.75, 3.05) is 13.7 Å². The predicted octanol–water partition coefficient (Wildman–Crippen LogP) is 2.48. The van der Waals surface area contributed by atoms with Gasteiger partial charge in [-0.05, 0) is 19.9 Å². The molecule has 0 atom stereocenters. The Kier molecular flexibility index (Phi) is 5.11. The number of carbonyl (C=O) groups excluding carboxylic acids is 2. The molecule has 116 valence electrons. The van der Waals surface area contributed by atoms with Crippen LogP contribution in [-0.4, -0.2) is 30.5 Å². The Hall–Kier alpha value is -2.41. The predicted molar refractivity (Wildman–Crippen MR) is 82.8 cm³/mol. The van der Waals surface area contributed by atoms with Gasteiger partial charge in [0.25, 0.3) is 5.91 Å². The number of esters is 1. The van der Waals surface area contributed by atoms with Crippen LogP contribution in [0, 0.1) is 13.8 Å². The Bertz CT molecular complexity index is 715. The van der Waals surface area contributed by atoms with Crippen molar-refractivity contribution in [2.45, 2.75) is 13.8 Å². The first-order valence-corrected chi connectivity index (χ1v) is 7.45. The maximum absolute atomic E-state index is 12.0. The van der Waals surface area contributed by atoms with E-state index >= 15 is 0 Å². The first kappa shape index (κ1) is 16.0. The number of carbonyl (C=O) groups is 2. The third kappa shape index (κ3) is 3.82. The van der Waals surface area contributed by atoms with E-state index in [1.54, 1.807) is 24.3 Å². The van der Waals surface area contributed by atoms with Crippen LogP contribution in [0.2, 0.25) is 0 Å². The van der Waals surface area contributed by atoms with Crippen molar-refractivity contribution < 1.29 is 18.7 Å². The minimum absolute atomic E-state index is 0.207. The summed E-state index contributed by atoms with van der Waals surface area (Å²) in [6.45, 7) is 3.92. The fraction of sp³-hybridized carbons (Fsp3) is 0.267. The number of nitrogens with one attached hydrogen (secondary N) is 1. The highest BCUT2D eigenvalue weighted by Crippen LogP contribution is 2.27. The zero-order valence-electron chi connectivity index (χ0n) is 12.5. The molecule has 0 radical (unpaired) electrons. The van der Waals surface area contributed by atoms with Crippen LogP contribution in [0.4, 0.5) is 0 Å². The Morgan fingerprint density at radius 2 is 2.23 bits per heavy atom. The summed E-state index contributed by atoms with van der Waals surface area (Å²) in [6, 6.07) is 1.67. The molecule has 0 aliphatic rings. The van der Waals surface area contributed by atoms with E-state index in [1.807, 2.05) is 12.3 Å². The van der Waals surface area contributed by atoms with Crippen LogP contribution in [-0.2, 0) is 9.53 Å². The van der Waals surface area contributed by atoms with Gasteiger partial charge in [0, 0.05) is 23.6 Å². The molecule has 0 aliphatic carbocycles. The first-order chi connectivity index (χ1) is 10.5. The second-order valence-electron chi connectivity index (χ2n) is 4.47. The summed E-state index contributed by atoms with van der Waals surface area (Å²) in [5.74, 6) is 0.0327. The van der Waals surface area contributed by atoms with Gasteiger partial charge in [0.05, 0.1) is 17.8 Å². The zero-order valence-corrected chi connectivity index (χ0v) is 13.3. The van der Waals surface area contributed by atoms with Gasteiger partial charge in [-0.2, -0.15) is 0 Å². The summed E-state index contributed by atoms with van der Waals surface area (Å²) < 4.78 is 9.93. The van der Waals surface area contributed by atoms with Crippen LogP contribution in [0.3, 0.4) is 0 Å². The number of furan rings is 1. The Balaban J connectivity index is 2.02. The number of methoxy groups -OCH3 is 1. The lowest BCUT2D eigenvalue weighted by molar-refractivity contribution is -0.134. The molecule has 2 rings (SSSR count). The second-order valence-corrected chi connectivity index (χ2v) is 5.53. The molecule has 0 bridgehead atoms. The maximum atomic E-state index is 12.0. The van der Waals surface area contributed by atoms with Gasteiger partial charge in [0.15, 0.2) is 5.76 Å². The number of aromatic nitrogens is 1. The van der Waals surface area contributed by atoms with Crippen molar-refractivity contribution in [3.05, 3.63) is 40.1 Å². The number of hydrogen-bond donors (Lipinski definition) is 1. The summed E-state index contributed by atoms with van der Waals surface area (Å²) in [6.07, 6.45) is 2.75. The summed E-state index contributed by atoms with van der Waals surface area (Å²) in [5, 5.41) is 5.51. The van der Waals surface area contributed by atoms with Gasteiger partial charge in [0.1, 0.15) is 5.76 Å². The van der Waals surface area contributed by atoms with E-state index in [2.05, 4.69) is 15.0 Å². The lowest BCUT2D eigenvalue weighted by atomic mass is 10.2. The SMILES string of the molecule is COC(=O)/C=C/CNC(=O)c1cc(-c2csc(C)n2)c(C)o1. The van der Waals surface area contributed by atoms with Gasteiger partial charge >= 0.3 is 5.97 Å². The van der Waals surface area contributed by atoms with Crippen molar-refractivity contribution in [2.24, 2.45) is 0 Å². The molecule has 1 N–H and O–H groups in total. The van der Waals surface area contributed by atoms with Crippen LogP contribution in [0.25, 0.3) is 11.3 Å². The number of rotatable bonds is 5. The van der Waals surface area contributed by atoms with Gasteiger partial charge in [-0.25, -0.2) is 9.78 Å². The summed E-state index contributed by atoms with van der Waals surface area (Å²) in [7, 11) is 1.29. The van der Waals surface area contributed by atoms with Gasteiger partial charge in [-0.3, -0.25) is 4.79 Å². The number of ether oxygens (including phenoxy) is 1. The molecule has 2 aromatic rings. The molecule has 6 nitrogen and oxygen atoms in total. The quantitative estimate of drug-likeness (QED) is 0.676. The van der Waals surface area contributed by atoms with E-state index in [9.17, 15) is 9.59 Å². The fourth-order valence-corrected chi connectivity index (χ4v) is 2.41. The zero-order chi connectivity index (χ0) is 16.1. The first-order valence-electron chi connectivity index (χ1n) is 6.57. The standard InChI is InChI=1S/C15H16N2O4S/c1-9-11(12-8-22-10(2)17-12)7-13(21-9)15(19)16-6-4-5-14(18)20-3/h4-5,7-8H,6H2,1-3H3,(H,16,19)/b5-4+. The molecule has 2 heterocycles. The Morgan fingerprint density at radius 1 is 1.45 bits per heavy atom. The van der Waals surface area contributed by atoms with Gasteiger partial charge < -0.3 is 14.5 Å². The molecule has 0 unspecified atom stereocenters. The molecule has 1 amide bonds. The largest absolute Gasteiger partial charge is 0.466 e. The molecule has 0 aromatic carbocycles. The highest BCUT2D eigenvalue weighted by atomic mass is 32.1. The average molecular weight is 320 g/mol. The van der Waals surface area contributed by atoms with Crippen molar-refractivity contribution in [1.82, 2.24) is 10.3 Å². The summed E-state index contributed by atoms with van der Waals surface area (Å²) in [5.41, 5.74) is 1.60. The molecule has 2 aromatic heterocycles. The van der Waals surface area contributed by atoms with E-state index < -0.39 is 5.97 Å². The van der Waals surface area contributed by atoms with Crippen molar-refractivity contribution in [1.29, 1.82) is 0 Å². The fourth-order valence-electron chi connectivity index (χ4n) is 1.80. The lowest BCUT2D eigenvalue weighted by Gasteiger charge is -1.97. The minimum atomic E-state index is -0.468. The monoisotopic (exact) mass is 320 g/mol. The van der Waals surface area contributed by atoms with E-state index in [1.165, 1.54) is 19.3 Å². The Morgan fingerprint density at radius 3 is 2.86 bits per heavy atom. The van der Waals surface area contributed by atoms with Crippen LogP contribution in [0.1, 0.15) is 21.3 Å². The normalized spacial score (nSPS) is 10.9.